The number of aryl methyl sites for hydroxylation is 1. The molecule has 1 aromatic rings. The minimum Gasteiger partial charge on any atom is -0.148 e. The van der Waals surface area contributed by atoms with Gasteiger partial charge < -0.3 is 0 Å². The molecule has 92 valence electrons. The third-order valence-corrected chi connectivity index (χ3v) is 4.30. The Bertz CT molecular complexity index is 296. The van der Waals surface area contributed by atoms with Crippen molar-refractivity contribution in [2.45, 2.75) is 66.2 Å². The van der Waals surface area contributed by atoms with Crippen molar-refractivity contribution in [2.24, 2.45) is 5.92 Å². The molecule has 0 fully saturated rings. The van der Waals surface area contributed by atoms with E-state index in [1.807, 2.05) is 11.3 Å². The van der Waals surface area contributed by atoms with Crippen LogP contribution in [0.25, 0.3) is 0 Å². The average Bonchev–Trinajstić information content (AvgIpc) is 2.56. The molecule has 0 saturated heterocycles. The Morgan fingerprint density at radius 2 is 1.94 bits per heavy atom. The van der Waals surface area contributed by atoms with Crippen molar-refractivity contribution in [2.75, 3.05) is 0 Å². The highest BCUT2D eigenvalue weighted by molar-refractivity contribution is 7.10. The molecule has 0 spiro atoms. The van der Waals surface area contributed by atoms with Crippen LogP contribution in [0.3, 0.4) is 0 Å². The quantitative estimate of drug-likeness (QED) is 0.560. The van der Waals surface area contributed by atoms with Crippen LogP contribution in [0.15, 0.2) is 5.38 Å². The summed E-state index contributed by atoms with van der Waals surface area (Å²) in [7, 11) is 0. The number of rotatable bonds is 7. The highest BCUT2D eigenvalue weighted by atomic mass is 32.1. The minimum atomic E-state index is 0.783. The fourth-order valence-corrected chi connectivity index (χ4v) is 3.38. The third kappa shape index (κ3) is 4.29. The van der Waals surface area contributed by atoms with Crippen LogP contribution in [0.1, 0.15) is 62.5 Å². The Balaban J connectivity index is 2.45. The predicted octanol–water partition coefficient (Wildman–Crippen LogP) is 5.38. The maximum Gasteiger partial charge on any atom is 0.00797 e. The first-order valence-corrected chi connectivity index (χ1v) is 7.59. The van der Waals surface area contributed by atoms with Crippen molar-refractivity contribution in [3.63, 3.8) is 0 Å². The molecular formula is C15H26S. The zero-order valence-corrected chi connectivity index (χ0v) is 12.1. The van der Waals surface area contributed by atoms with Crippen LogP contribution in [-0.2, 0) is 12.8 Å². The minimum absolute atomic E-state index is 0.783. The largest absolute Gasteiger partial charge is 0.148 e. The van der Waals surface area contributed by atoms with Gasteiger partial charge in [0.05, 0.1) is 0 Å². The summed E-state index contributed by atoms with van der Waals surface area (Å²) < 4.78 is 0. The molecule has 0 aliphatic rings. The summed E-state index contributed by atoms with van der Waals surface area (Å²) in [5.41, 5.74) is 3.19. The van der Waals surface area contributed by atoms with Gasteiger partial charge in [0.25, 0.3) is 0 Å². The highest BCUT2D eigenvalue weighted by Crippen LogP contribution is 2.26. The van der Waals surface area contributed by atoms with Gasteiger partial charge in [0.2, 0.25) is 0 Å². The Kier molecular flexibility index (Phi) is 6.12. The van der Waals surface area contributed by atoms with Crippen LogP contribution < -0.4 is 0 Å². The Morgan fingerprint density at radius 1 is 1.19 bits per heavy atom. The number of hydrogen-bond donors (Lipinski definition) is 0. The fraction of sp³-hybridized carbons (Fsp3) is 0.733. The molecule has 1 rings (SSSR count). The molecule has 1 heterocycles. The summed E-state index contributed by atoms with van der Waals surface area (Å²) in [5.74, 6) is 0.783. The Labute approximate surface area is 105 Å². The van der Waals surface area contributed by atoms with Crippen molar-refractivity contribution < 1.29 is 0 Å². The summed E-state index contributed by atoms with van der Waals surface area (Å²) in [6, 6.07) is 0. The van der Waals surface area contributed by atoms with Crippen LogP contribution in [0.5, 0.6) is 0 Å². The van der Waals surface area contributed by atoms with E-state index in [9.17, 15) is 0 Å². The lowest BCUT2D eigenvalue weighted by atomic mass is 10.0. The monoisotopic (exact) mass is 238 g/mol. The fourth-order valence-electron chi connectivity index (χ4n) is 2.06. The molecule has 0 amide bonds. The van der Waals surface area contributed by atoms with Gasteiger partial charge in [-0.1, -0.05) is 40.0 Å². The number of hydrogen-bond acceptors (Lipinski definition) is 1. The van der Waals surface area contributed by atoms with Crippen LogP contribution in [0, 0.1) is 12.8 Å². The van der Waals surface area contributed by atoms with Crippen LogP contribution >= 0.6 is 11.3 Å². The maximum absolute atomic E-state index is 2.39. The van der Waals surface area contributed by atoms with Gasteiger partial charge in [0, 0.05) is 4.88 Å². The molecule has 0 radical (unpaired) electrons. The van der Waals surface area contributed by atoms with Gasteiger partial charge in [0.1, 0.15) is 0 Å². The van der Waals surface area contributed by atoms with Crippen LogP contribution in [-0.4, -0.2) is 0 Å². The normalized spacial score (nSPS) is 11.3. The van der Waals surface area contributed by atoms with Gasteiger partial charge in [-0.3, -0.25) is 0 Å². The average molecular weight is 238 g/mol. The number of unbranched alkanes of at least 4 members (excludes halogenated alkanes) is 3. The van der Waals surface area contributed by atoms with Crippen molar-refractivity contribution in [3.8, 4) is 0 Å². The van der Waals surface area contributed by atoms with Gasteiger partial charge >= 0.3 is 0 Å². The van der Waals surface area contributed by atoms with Crippen LogP contribution in [0.2, 0.25) is 0 Å². The van der Waals surface area contributed by atoms with E-state index in [1.54, 1.807) is 16.0 Å². The number of thiophene rings is 1. The molecule has 0 aliphatic carbocycles. The Morgan fingerprint density at radius 3 is 2.56 bits per heavy atom. The summed E-state index contributed by atoms with van der Waals surface area (Å²) >= 11 is 1.97. The summed E-state index contributed by atoms with van der Waals surface area (Å²) in [5, 5.41) is 2.39. The molecule has 1 heteroatoms. The molecule has 0 aromatic carbocycles. The molecule has 1 aromatic heterocycles. The zero-order chi connectivity index (χ0) is 12.0. The molecule has 0 bridgehead atoms. The van der Waals surface area contributed by atoms with E-state index >= 15 is 0 Å². The molecule has 0 saturated carbocycles. The maximum atomic E-state index is 2.39. The first-order valence-electron chi connectivity index (χ1n) is 6.71. The molecule has 0 N–H and O–H groups in total. The molecule has 0 atom stereocenters. The van der Waals surface area contributed by atoms with Crippen molar-refractivity contribution >= 4 is 11.3 Å². The predicted molar refractivity (Wildman–Crippen MR) is 75.4 cm³/mol. The molecule has 0 aliphatic heterocycles. The lowest BCUT2D eigenvalue weighted by Gasteiger charge is -2.05. The van der Waals surface area contributed by atoms with E-state index in [0.29, 0.717) is 0 Å². The summed E-state index contributed by atoms with van der Waals surface area (Å²) in [4.78, 5) is 1.61. The first kappa shape index (κ1) is 13.8. The molecular weight excluding hydrogens is 212 g/mol. The zero-order valence-electron chi connectivity index (χ0n) is 11.3. The van der Waals surface area contributed by atoms with E-state index in [-0.39, 0.29) is 0 Å². The van der Waals surface area contributed by atoms with Gasteiger partial charge in [-0.2, -0.15) is 0 Å². The first-order chi connectivity index (χ1) is 7.65. The Hall–Kier alpha value is -0.300. The van der Waals surface area contributed by atoms with Crippen molar-refractivity contribution in [3.05, 3.63) is 21.4 Å². The van der Waals surface area contributed by atoms with Crippen molar-refractivity contribution in [1.82, 2.24) is 0 Å². The van der Waals surface area contributed by atoms with Gasteiger partial charge in [-0.15, -0.1) is 11.3 Å². The second-order valence-electron chi connectivity index (χ2n) is 5.22. The van der Waals surface area contributed by atoms with Crippen molar-refractivity contribution in [1.29, 1.82) is 0 Å². The lowest BCUT2D eigenvalue weighted by molar-refractivity contribution is 0.649. The lowest BCUT2D eigenvalue weighted by Crippen LogP contribution is -1.94. The second kappa shape index (κ2) is 7.11. The SMILES string of the molecule is CCCCCCc1csc(CC(C)C)c1C. The summed E-state index contributed by atoms with van der Waals surface area (Å²) in [6.07, 6.45) is 8.03. The highest BCUT2D eigenvalue weighted by Gasteiger charge is 2.08. The molecule has 16 heavy (non-hydrogen) atoms. The van der Waals surface area contributed by atoms with Crippen LogP contribution in [0.4, 0.5) is 0 Å². The third-order valence-electron chi connectivity index (χ3n) is 3.14. The van der Waals surface area contributed by atoms with E-state index in [4.69, 9.17) is 0 Å². The standard InChI is InChI=1S/C15H26S/c1-5-6-7-8-9-14-11-16-15(13(14)4)10-12(2)3/h11-12H,5-10H2,1-4H3. The van der Waals surface area contributed by atoms with E-state index in [2.05, 4.69) is 33.1 Å². The van der Waals surface area contributed by atoms with E-state index < -0.39 is 0 Å². The van der Waals surface area contributed by atoms with E-state index in [0.717, 1.165) is 5.92 Å². The summed E-state index contributed by atoms with van der Waals surface area (Å²) in [6.45, 7) is 9.19. The second-order valence-corrected chi connectivity index (χ2v) is 6.18. The topological polar surface area (TPSA) is 0 Å². The van der Waals surface area contributed by atoms with E-state index in [1.165, 1.54) is 38.5 Å². The molecule has 0 nitrogen and oxygen atoms in total. The van der Waals surface area contributed by atoms with Gasteiger partial charge in [0.15, 0.2) is 0 Å². The van der Waals surface area contributed by atoms with Gasteiger partial charge in [-0.25, -0.2) is 0 Å². The van der Waals surface area contributed by atoms with Gasteiger partial charge in [-0.05, 0) is 48.6 Å². The molecule has 0 unspecified atom stereocenters. The smallest absolute Gasteiger partial charge is 0.00797 e.